The molecule has 5 nitrogen and oxygen atoms in total. The van der Waals surface area contributed by atoms with Crippen molar-refractivity contribution in [2.45, 2.75) is 6.54 Å². The number of benzene rings is 1. The van der Waals surface area contributed by atoms with Gasteiger partial charge in [-0.15, -0.1) is 0 Å². The second-order valence-electron chi connectivity index (χ2n) is 4.44. The van der Waals surface area contributed by atoms with Crippen LogP contribution in [-0.2, 0) is 13.6 Å². The molecule has 1 amide bonds. The predicted molar refractivity (Wildman–Crippen MR) is 69.8 cm³/mol. The van der Waals surface area contributed by atoms with Crippen LogP contribution in [0, 0.1) is 11.6 Å². The van der Waals surface area contributed by atoms with Gasteiger partial charge in [0.05, 0.1) is 12.2 Å². The van der Waals surface area contributed by atoms with Gasteiger partial charge in [0, 0.05) is 26.5 Å². The number of carbonyl (C=O) groups excluding carboxylic acids is 1. The van der Waals surface area contributed by atoms with E-state index in [0.29, 0.717) is 5.82 Å². The summed E-state index contributed by atoms with van der Waals surface area (Å²) in [5.41, 5.74) is 4.44. The Morgan fingerprint density at radius 2 is 2.15 bits per heavy atom. The Labute approximate surface area is 114 Å². The van der Waals surface area contributed by atoms with Gasteiger partial charge in [0.25, 0.3) is 5.91 Å². The van der Waals surface area contributed by atoms with E-state index in [2.05, 4.69) is 4.98 Å². The number of aryl methyl sites for hydroxylation is 1. The van der Waals surface area contributed by atoms with Crippen molar-refractivity contribution in [1.29, 1.82) is 0 Å². The maximum Gasteiger partial charge on any atom is 0.260 e. The third-order valence-corrected chi connectivity index (χ3v) is 2.98. The van der Waals surface area contributed by atoms with Gasteiger partial charge in [0.1, 0.15) is 17.2 Å². The fourth-order valence-electron chi connectivity index (χ4n) is 1.79. The van der Waals surface area contributed by atoms with E-state index in [1.807, 2.05) is 0 Å². The molecule has 20 heavy (non-hydrogen) atoms. The smallest absolute Gasteiger partial charge is 0.260 e. The van der Waals surface area contributed by atoms with Crippen molar-refractivity contribution in [2.75, 3.05) is 12.8 Å². The first-order valence-corrected chi connectivity index (χ1v) is 5.87. The van der Waals surface area contributed by atoms with Crippen LogP contribution in [0.25, 0.3) is 0 Å². The average molecular weight is 280 g/mol. The Hall–Kier alpha value is -2.44. The molecular weight excluding hydrogens is 266 g/mol. The molecule has 106 valence electrons. The van der Waals surface area contributed by atoms with Crippen molar-refractivity contribution in [3.05, 3.63) is 47.5 Å². The summed E-state index contributed by atoms with van der Waals surface area (Å²) in [4.78, 5) is 17.4. The largest absolute Gasteiger partial charge is 0.396 e. The zero-order valence-corrected chi connectivity index (χ0v) is 11.1. The van der Waals surface area contributed by atoms with Gasteiger partial charge in [-0.3, -0.25) is 4.79 Å². The molecule has 1 aromatic heterocycles. The number of nitrogens with two attached hydrogens (primary N) is 1. The summed E-state index contributed by atoms with van der Waals surface area (Å²) in [6.07, 6.45) is 3.30. The van der Waals surface area contributed by atoms with Crippen molar-refractivity contribution >= 4 is 11.6 Å². The summed E-state index contributed by atoms with van der Waals surface area (Å²) in [6, 6.07) is 2.06. The van der Waals surface area contributed by atoms with Crippen LogP contribution in [-0.4, -0.2) is 27.4 Å². The standard InChI is InChI=1S/C13H14F2N4O/c1-18-6-5-17-10(18)7-19(2)13(20)11-8(14)3-4-9(16)12(11)15/h3-6H,7,16H2,1-2H3. The van der Waals surface area contributed by atoms with Crippen molar-refractivity contribution < 1.29 is 13.6 Å². The number of nitrogen functional groups attached to an aromatic ring is 1. The van der Waals surface area contributed by atoms with Crippen LogP contribution >= 0.6 is 0 Å². The highest BCUT2D eigenvalue weighted by Crippen LogP contribution is 2.20. The Morgan fingerprint density at radius 3 is 2.75 bits per heavy atom. The number of amides is 1. The predicted octanol–water partition coefficient (Wildman–Crippen LogP) is 1.55. The SMILES string of the molecule is CN(Cc1nccn1C)C(=O)c1c(F)ccc(N)c1F. The highest BCUT2D eigenvalue weighted by molar-refractivity contribution is 5.95. The number of nitrogens with zero attached hydrogens (tertiary/aromatic N) is 3. The van der Waals surface area contributed by atoms with E-state index in [-0.39, 0.29) is 12.2 Å². The average Bonchev–Trinajstić information content (AvgIpc) is 2.80. The van der Waals surface area contributed by atoms with E-state index in [1.54, 1.807) is 24.0 Å². The molecular formula is C13H14F2N4O. The number of carbonyl (C=O) groups is 1. The topological polar surface area (TPSA) is 64.2 Å². The molecule has 0 unspecified atom stereocenters. The Bertz CT molecular complexity index is 654. The maximum atomic E-state index is 13.8. The molecule has 0 spiro atoms. The van der Waals surface area contributed by atoms with Crippen molar-refractivity contribution in [3.8, 4) is 0 Å². The van der Waals surface area contributed by atoms with Crippen LogP contribution in [0.15, 0.2) is 24.5 Å². The second-order valence-corrected chi connectivity index (χ2v) is 4.44. The zero-order chi connectivity index (χ0) is 14.9. The lowest BCUT2D eigenvalue weighted by Crippen LogP contribution is -2.29. The minimum Gasteiger partial charge on any atom is -0.396 e. The van der Waals surface area contributed by atoms with E-state index in [1.165, 1.54) is 11.9 Å². The molecule has 0 aliphatic rings. The van der Waals surface area contributed by atoms with E-state index in [0.717, 1.165) is 12.1 Å². The van der Waals surface area contributed by atoms with Crippen LogP contribution in [0.2, 0.25) is 0 Å². The monoisotopic (exact) mass is 280 g/mol. The summed E-state index contributed by atoms with van der Waals surface area (Å²) in [6.45, 7) is 0.135. The van der Waals surface area contributed by atoms with Gasteiger partial charge >= 0.3 is 0 Å². The molecule has 0 fully saturated rings. The van der Waals surface area contributed by atoms with E-state index in [4.69, 9.17) is 5.73 Å². The van der Waals surface area contributed by atoms with Crippen molar-refractivity contribution in [1.82, 2.24) is 14.5 Å². The molecule has 0 aliphatic carbocycles. The number of aromatic nitrogens is 2. The first-order chi connectivity index (χ1) is 9.41. The highest BCUT2D eigenvalue weighted by atomic mass is 19.1. The van der Waals surface area contributed by atoms with Gasteiger partial charge in [-0.1, -0.05) is 0 Å². The number of halogens is 2. The molecule has 2 N–H and O–H groups in total. The van der Waals surface area contributed by atoms with E-state index >= 15 is 0 Å². The molecule has 1 heterocycles. The van der Waals surface area contributed by atoms with Crippen LogP contribution < -0.4 is 5.73 Å². The van der Waals surface area contributed by atoms with Gasteiger partial charge in [0.15, 0.2) is 5.82 Å². The normalized spacial score (nSPS) is 10.6. The minimum atomic E-state index is -1.04. The first kappa shape index (κ1) is 14.0. The summed E-state index contributed by atoms with van der Waals surface area (Å²) >= 11 is 0. The second kappa shape index (κ2) is 5.28. The molecule has 0 bridgehead atoms. The molecule has 0 radical (unpaired) electrons. The van der Waals surface area contributed by atoms with Crippen LogP contribution in [0.3, 0.4) is 0 Å². The fraction of sp³-hybridized carbons (Fsp3) is 0.231. The lowest BCUT2D eigenvalue weighted by atomic mass is 10.1. The number of hydrogen-bond donors (Lipinski definition) is 1. The van der Waals surface area contributed by atoms with Gasteiger partial charge in [-0.2, -0.15) is 0 Å². The van der Waals surface area contributed by atoms with Gasteiger partial charge in [-0.25, -0.2) is 13.8 Å². The summed E-state index contributed by atoms with van der Waals surface area (Å²) in [5, 5.41) is 0. The quantitative estimate of drug-likeness (QED) is 0.868. The lowest BCUT2D eigenvalue weighted by Gasteiger charge is -2.18. The molecule has 0 saturated carbocycles. The molecule has 0 saturated heterocycles. The highest BCUT2D eigenvalue weighted by Gasteiger charge is 2.23. The third-order valence-electron chi connectivity index (χ3n) is 2.98. The van der Waals surface area contributed by atoms with Gasteiger partial charge in [0.2, 0.25) is 0 Å². The Morgan fingerprint density at radius 1 is 1.45 bits per heavy atom. The summed E-state index contributed by atoms with van der Waals surface area (Å²) < 4.78 is 29.2. The third kappa shape index (κ3) is 2.47. The molecule has 0 atom stereocenters. The van der Waals surface area contributed by atoms with E-state index < -0.39 is 23.1 Å². The minimum absolute atomic E-state index is 0.135. The van der Waals surface area contributed by atoms with Crippen LogP contribution in [0.1, 0.15) is 16.2 Å². The van der Waals surface area contributed by atoms with Crippen LogP contribution in [0.4, 0.5) is 14.5 Å². The molecule has 2 aromatic rings. The van der Waals surface area contributed by atoms with Crippen LogP contribution in [0.5, 0.6) is 0 Å². The van der Waals surface area contributed by atoms with E-state index in [9.17, 15) is 13.6 Å². The molecule has 2 rings (SSSR count). The maximum absolute atomic E-state index is 13.8. The molecule has 0 aliphatic heterocycles. The Kier molecular flexibility index (Phi) is 3.69. The first-order valence-electron chi connectivity index (χ1n) is 5.87. The number of imidazole rings is 1. The lowest BCUT2D eigenvalue weighted by molar-refractivity contribution is 0.0771. The summed E-state index contributed by atoms with van der Waals surface area (Å²) in [7, 11) is 3.21. The fourth-order valence-corrected chi connectivity index (χ4v) is 1.79. The number of anilines is 1. The molecule has 1 aromatic carbocycles. The summed E-state index contributed by atoms with van der Waals surface area (Å²) in [5.74, 6) is -2.16. The zero-order valence-electron chi connectivity index (χ0n) is 11.1. The van der Waals surface area contributed by atoms with Crippen molar-refractivity contribution in [2.24, 2.45) is 7.05 Å². The Balaban J connectivity index is 2.28. The van der Waals surface area contributed by atoms with Crippen molar-refractivity contribution in [3.63, 3.8) is 0 Å². The number of rotatable bonds is 3. The van der Waals surface area contributed by atoms with Gasteiger partial charge in [-0.05, 0) is 12.1 Å². The number of hydrogen-bond acceptors (Lipinski definition) is 3. The van der Waals surface area contributed by atoms with Gasteiger partial charge < -0.3 is 15.2 Å². The molecule has 7 heteroatoms.